The quantitative estimate of drug-likeness (QED) is 0.220. The van der Waals surface area contributed by atoms with Crippen LogP contribution in [0.4, 0.5) is 37.7 Å². The van der Waals surface area contributed by atoms with E-state index in [-0.39, 0.29) is 26.0 Å². The topological polar surface area (TPSA) is 96.5 Å². The predicted molar refractivity (Wildman–Crippen MR) is 124 cm³/mol. The number of benzene rings is 2. The van der Waals surface area contributed by atoms with E-state index in [0.29, 0.717) is 0 Å². The van der Waals surface area contributed by atoms with E-state index < -0.39 is 42.4 Å². The first-order valence-electron chi connectivity index (χ1n) is 7.36. The van der Waals surface area contributed by atoms with Crippen molar-refractivity contribution in [3.8, 4) is 11.1 Å². The van der Waals surface area contributed by atoms with E-state index >= 15 is 0 Å². The van der Waals surface area contributed by atoms with E-state index in [4.69, 9.17) is 0 Å². The molecule has 0 bridgehead atoms. The van der Waals surface area contributed by atoms with Crippen LogP contribution in [0.1, 0.15) is 0 Å². The maximum atomic E-state index is 12.6. The van der Waals surface area contributed by atoms with Gasteiger partial charge in [0.15, 0.2) is 20.0 Å². The minimum atomic E-state index is -5.96. The molecule has 6 nitrogen and oxygen atoms in total. The molecule has 34 heavy (non-hydrogen) atoms. The van der Waals surface area contributed by atoms with E-state index in [1.54, 1.807) is 0 Å². The van der Waals surface area contributed by atoms with Crippen molar-refractivity contribution in [2.45, 2.75) is 11.0 Å². The molecule has 0 atom stereocenters. The minimum Gasteiger partial charge on any atom is -0.358 e. The SMILES string of the molecule is O=S(=O)([N-]c1ccccc1-c1ccccc1[N-]S(=O)(=O)C(F)(F)F)C(F)(F)F.[Al+2][Cl].[Al+2][Cl].[CH3-].[CH3-]. The number of halogens is 8. The summed E-state index contributed by atoms with van der Waals surface area (Å²) >= 11 is 3.78. The summed E-state index contributed by atoms with van der Waals surface area (Å²) in [7, 11) is -2.80. The summed E-state index contributed by atoms with van der Waals surface area (Å²) in [6, 6.07) is 8.61. The third-order valence-corrected chi connectivity index (χ3v) is 5.16. The standard InChI is InChI=1S/C14H8F6N2O4S2.2CH3.2Al.2ClH/c15-13(16,17)27(23,24)21-11-7-3-1-5-9(11)10-6-2-4-8-12(10)22-28(25,26)14(18,19)20;;;;;;/h1-8H;2*1H3;;;2*1H/q-2;2*-1;2*+3;;/p-2. The first-order chi connectivity index (χ1) is 14.7. The van der Waals surface area contributed by atoms with Crippen LogP contribution < -0.4 is 0 Å². The molecular formula is C16H14Al2Cl2F6N2O4S2. The van der Waals surface area contributed by atoms with Gasteiger partial charge >= 0.3 is 61.9 Å². The van der Waals surface area contributed by atoms with E-state index in [2.05, 4.69) is 29.5 Å². The molecule has 0 saturated heterocycles. The average molecular weight is 601 g/mol. The summed E-state index contributed by atoms with van der Waals surface area (Å²) in [5.74, 6) is 0. The molecule has 186 valence electrons. The van der Waals surface area contributed by atoms with Crippen LogP contribution in [-0.2, 0) is 20.0 Å². The summed E-state index contributed by atoms with van der Waals surface area (Å²) in [4.78, 5) is 0. The smallest absolute Gasteiger partial charge is 0.358 e. The first-order valence-corrected chi connectivity index (χ1v) is 13.7. The van der Waals surface area contributed by atoms with Crippen LogP contribution in [0, 0.1) is 14.9 Å². The summed E-state index contributed by atoms with van der Waals surface area (Å²) in [5.41, 5.74) is -13.7. The first kappa shape index (κ1) is 37.7. The molecule has 2 aromatic rings. The van der Waals surface area contributed by atoms with Crippen LogP contribution >= 0.6 is 20.1 Å². The van der Waals surface area contributed by atoms with Crippen LogP contribution in [0.2, 0.25) is 0 Å². The molecule has 2 rings (SSSR count). The van der Waals surface area contributed by atoms with Crippen molar-refractivity contribution in [2.75, 3.05) is 0 Å². The molecule has 0 aliphatic heterocycles. The van der Waals surface area contributed by atoms with Gasteiger partial charge in [0, 0.05) is 0 Å². The zero-order chi connectivity index (χ0) is 25.4. The molecule has 0 unspecified atom stereocenters. The fourth-order valence-electron chi connectivity index (χ4n) is 1.92. The number of rotatable bonds is 5. The summed E-state index contributed by atoms with van der Waals surface area (Å²) < 4.78 is 126. The second kappa shape index (κ2) is 15.3. The van der Waals surface area contributed by atoms with Crippen LogP contribution in [0.25, 0.3) is 20.6 Å². The maximum Gasteiger partial charge on any atom is -0.358 e. The minimum absolute atomic E-state index is 0. The van der Waals surface area contributed by atoms with E-state index in [9.17, 15) is 43.2 Å². The van der Waals surface area contributed by atoms with Gasteiger partial charge in [-0.2, -0.15) is 26.3 Å². The Balaban J connectivity index is -0.00000152. The van der Waals surface area contributed by atoms with Crippen LogP contribution in [-0.4, -0.2) is 58.6 Å². The van der Waals surface area contributed by atoms with Gasteiger partial charge in [-0.15, -0.1) is 11.4 Å². The number of hydrogen-bond donors (Lipinski definition) is 0. The van der Waals surface area contributed by atoms with Gasteiger partial charge < -0.3 is 24.3 Å². The second-order valence-corrected chi connectivity index (χ2v) is 8.25. The van der Waals surface area contributed by atoms with Gasteiger partial charge in [-0.3, -0.25) is 0 Å². The Kier molecular flexibility index (Phi) is 17.0. The Morgan fingerprint density at radius 1 is 0.588 bits per heavy atom. The van der Waals surface area contributed by atoms with Crippen LogP contribution in [0.3, 0.4) is 0 Å². The van der Waals surface area contributed by atoms with Gasteiger partial charge in [0.05, 0.1) is 0 Å². The van der Waals surface area contributed by atoms with Crippen molar-refractivity contribution >= 4 is 82.3 Å². The maximum absolute atomic E-state index is 12.6. The molecule has 18 heteroatoms. The number of nitrogens with zero attached hydrogens (tertiary/aromatic N) is 2. The Bertz CT molecular complexity index is 1020. The molecule has 0 amide bonds. The Morgan fingerprint density at radius 2 is 0.824 bits per heavy atom. The third-order valence-electron chi connectivity index (χ3n) is 3.12. The fraction of sp³-hybridized carbons (Fsp3) is 0.125. The number of alkyl halides is 6. The van der Waals surface area contributed by atoms with Gasteiger partial charge in [-0.05, 0) is 11.1 Å². The molecule has 0 heterocycles. The van der Waals surface area contributed by atoms with E-state index in [1.807, 2.05) is 30.7 Å². The Labute approximate surface area is 219 Å². The Morgan fingerprint density at radius 3 is 1.06 bits per heavy atom. The van der Waals surface area contributed by atoms with Crippen LogP contribution in [0.5, 0.6) is 0 Å². The molecule has 0 spiro atoms. The second-order valence-electron chi connectivity index (χ2n) is 5.06. The van der Waals surface area contributed by atoms with Gasteiger partial charge in [-0.1, -0.05) is 48.5 Å². The van der Waals surface area contributed by atoms with Crippen molar-refractivity contribution in [1.82, 2.24) is 0 Å². The van der Waals surface area contributed by atoms with Gasteiger partial charge in [0.25, 0.3) is 0 Å². The molecule has 0 radical (unpaired) electrons. The molecule has 0 aromatic heterocycles. The molecule has 0 fully saturated rings. The normalized spacial score (nSPS) is 11.3. The fourth-order valence-corrected chi connectivity index (χ4v) is 2.97. The average Bonchev–Trinajstić information content (AvgIpc) is 2.70. The molecule has 0 saturated carbocycles. The van der Waals surface area contributed by atoms with Crippen molar-refractivity contribution in [1.29, 1.82) is 0 Å². The summed E-state index contributed by atoms with van der Waals surface area (Å²) in [5, 5.41) is 0. The van der Waals surface area contributed by atoms with Gasteiger partial charge in [0.2, 0.25) is 0 Å². The summed E-state index contributed by atoms with van der Waals surface area (Å²) in [6.07, 6.45) is 0. The molecule has 0 N–H and O–H groups in total. The zero-order valence-electron chi connectivity index (χ0n) is 17.1. The van der Waals surface area contributed by atoms with Gasteiger partial charge in [0.1, 0.15) is 0 Å². The predicted octanol–water partition coefficient (Wildman–Crippen LogP) is 6.58. The van der Waals surface area contributed by atoms with Crippen molar-refractivity contribution in [2.24, 2.45) is 0 Å². The van der Waals surface area contributed by atoms with Crippen molar-refractivity contribution < 1.29 is 43.2 Å². The van der Waals surface area contributed by atoms with E-state index in [1.165, 1.54) is 12.1 Å². The number of hydrogen-bond acceptors (Lipinski definition) is 4. The number of sulfonamides is 2. The van der Waals surface area contributed by atoms with E-state index in [0.717, 1.165) is 36.4 Å². The zero-order valence-corrected chi connectivity index (χ0v) is 22.6. The molecule has 0 aliphatic rings. The molecule has 2 aromatic carbocycles. The largest absolute Gasteiger partial charge is 0.358 e. The van der Waals surface area contributed by atoms with Crippen molar-refractivity contribution in [3.05, 3.63) is 72.8 Å². The summed E-state index contributed by atoms with van der Waals surface area (Å²) in [6.45, 7) is 0. The third kappa shape index (κ3) is 10.0. The van der Waals surface area contributed by atoms with Crippen molar-refractivity contribution in [3.63, 3.8) is 0 Å². The molecular weight excluding hydrogens is 587 g/mol. The monoisotopic (exact) mass is 600 g/mol. The van der Waals surface area contributed by atoms with Crippen LogP contribution in [0.15, 0.2) is 48.5 Å². The Hall–Kier alpha value is -0.835. The van der Waals surface area contributed by atoms with Gasteiger partial charge in [-0.25, -0.2) is 16.8 Å². The molecule has 0 aliphatic carbocycles.